The van der Waals surface area contributed by atoms with E-state index >= 15 is 0 Å². The molecule has 144 valence electrons. The van der Waals surface area contributed by atoms with Crippen molar-refractivity contribution in [2.24, 2.45) is 0 Å². The molecule has 0 aliphatic carbocycles. The SMILES string of the molecule is C=CCN1C(=O)N/C(=C\c2cc(Cl)c(OCc3ccccc3)c(OC)c2)C1=O. The summed E-state index contributed by atoms with van der Waals surface area (Å²) in [5.41, 5.74) is 1.74. The fourth-order valence-electron chi connectivity index (χ4n) is 2.73. The highest BCUT2D eigenvalue weighted by Gasteiger charge is 2.32. The maximum absolute atomic E-state index is 12.3. The largest absolute Gasteiger partial charge is 0.493 e. The third kappa shape index (κ3) is 4.18. The third-order valence-electron chi connectivity index (χ3n) is 4.06. The van der Waals surface area contributed by atoms with Crippen molar-refractivity contribution < 1.29 is 19.1 Å². The second kappa shape index (κ2) is 8.63. The molecule has 3 amide bonds. The van der Waals surface area contributed by atoms with Gasteiger partial charge in [-0.05, 0) is 29.3 Å². The van der Waals surface area contributed by atoms with Crippen molar-refractivity contribution in [3.05, 3.63) is 77.0 Å². The zero-order valence-electron chi connectivity index (χ0n) is 15.3. The van der Waals surface area contributed by atoms with Crippen LogP contribution in [0.25, 0.3) is 6.08 Å². The van der Waals surface area contributed by atoms with Gasteiger partial charge in [0.1, 0.15) is 12.3 Å². The first-order valence-electron chi connectivity index (χ1n) is 8.53. The van der Waals surface area contributed by atoms with Crippen molar-refractivity contribution in [3.63, 3.8) is 0 Å². The molecule has 0 unspecified atom stereocenters. The van der Waals surface area contributed by atoms with Gasteiger partial charge in [-0.1, -0.05) is 48.0 Å². The van der Waals surface area contributed by atoms with Gasteiger partial charge >= 0.3 is 6.03 Å². The zero-order chi connectivity index (χ0) is 20.1. The van der Waals surface area contributed by atoms with Gasteiger partial charge in [0.15, 0.2) is 11.5 Å². The van der Waals surface area contributed by atoms with Gasteiger partial charge in [0.05, 0.1) is 12.1 Å². The highest BCUT2D eigenvalue weighted by Crippen LogP contribution is 2.37. The number of nitrogens with one attached hydrogen (secondary N) is 1. The van der Waals surface area contributed by atoms with Crippen molar-refractivity contribution in [3.8, 4) is 11.5 Å². The van der Waals surface area contributed by atoms with E-state index in [1.165, 1.54) is 13.2 Å². The highest BCUT2D eigenvalue weighted by atomic mass is 35.5. The second-order valence-electron chi connectivity index (χ2n) is 6.00. The van der Waals surface area contributed by atoms with Gasteiger partial charge in [-0.2, -0.15) is 0 Å². The number of halogens is 1. The van der Waals surface area contributed by atoms with Crippen molar-refractivity contribution in [2.75, 3.05) is 13.7 Å². The number of imide groups is 1. The average Bonchev–Trinajstić information content (AvgIpc) is 2.95. The number of amides is 3. The van der Waals surface area contributed by atoms with Crippen LogP contribution in [-0.4, -0.2) is 30.5 Å². The van der Waals surface area contributed by atoms with Crippen LogP contribution in [-0.2, 0) is 11.4 Å². The molecule has 0 aromatic heterocycles. The van der Waals surface area contributed by atoms with E-state index in [9.17, 15) is 9.59 Å². The number of urea groups is 1. The molecule has 2 aromatic carbocycles. The molecule has 1 N–H and O–H groups in total. The van der Waals surface area contributed by atoms with E-state index < -0.39 is 11.9 Å². The Balaban J connectivity index is 1.84. The van der Waals surface area contributed by atoms with E-state index in [1.807, 2.05) is 30.3 Å². The molecule has 1 heterocycles. The molecule has 1 fully saturated rings. The van der Waals surface area contributed by atoms with Crippen LogP contribution in [0.2, 0.25) is 5.02 Å². The molecular formula is C21H19ClN2O4. The Morgan fingerprint density at radius 2 is 1.96 bits per heavy atom. The van der Waals surface area contributed by atoms with E-state index in [0.29, 0.717) is 28.7 Å². The summed E-state index contributed by atoms with van der Waals surface area (Å²) in [6, 6.07) is 12.5. The van der Waals surface area contributed by atoms with Gasteiger partial charge in [-0.25, -0.2) is 4.79 Å². The summed E-state index contributed by atoms with van der Waals surface area (Å²) in [7, 11) is 1.51. The lowest BCUT2D eigenvalue weighted by Gasteiger charge is -2.13. The summed E-state index contributed by atoms with van der Waals surface area (Å²) in [5, 5.41) is 2.88. The van der Waals surface area contributed by atoms with Crippen LogP contribution in [0, 0.1) is 0 Å². The molecule has 0 saturated carbocycles. The molecule has 0 spiro atoms. The molecule has 1 aliphatic rings. The first-order chi connectivity index (χ1) is 13.5. The molecule has 6 nitrogen and oxygen atoms in total. The van der Waals surface area contributed by atoms with Crippen LogP contribution in [0.4, 0.5) is 4.79 Å². The lowest BCUT2D eigenvalue weighted by Crippen LogP contribution is -2.30. The average molecular weight is 399 g/mol. The van der Waals surface area contributed by atoms with Crippen LogP contribution in [0.1, 0.15) is 11.1 Å². The van der Waals surface area contributed by atoms with Gasteiger partial charge in [0.2, 0.25) is 0 Å². The molecular weight excluding hydrogens is 380 g/mol. The standard InChI is InChI=1S/C21H19ClN2O4/c1-3-9-24-20(25)17(23-21(24)26)11-15-10-16(22)19(18(12-15)27-2)28-13-14-7-5-4-6-8-14/h3-8,10-12H,1,9,13H2,2H3,(H,23,26)/b17-11-. The van der Waals surface area contributed by atoms with Gasteiger partial charge in [0, 0.05) is 6.54 Å². The Labute approximate surface area is 168 Å². The van der Waals surface area contributed by atoms with Crippen molar-refractivity contribution in [1.82, 2.24) is 10.2 Å². The number of ether oxygens (including phenoxy) is 2. The Bertz CT molecular complexity index is 941. The number of methoxy groups -OCH3 is 1. The maximum atomic E-state index is 12.3. The van der Waals surface area contributed by atoms with Crippen molar-refractivity contribution in [1.29, 1.82) is 0 Å². The molecule has 7 heteroatoms. The van der Waals surface area contributed by atoms with Gasteiger partial charge < -0.3 is 14.8 Å². The summed E-state index contributed by atoms with van der Waals surface area (Å²) in [4.78, 5) is 25.3. The van der Waals surface area contributed by atoms with E-state index in [-0.39, 0.29) is 12.2 Å². The van der Waals surface area contributed by atoms with E-state index in [0.717, 1.165) is 10.5 Å². The molecule has 28 heavy (non-hydrogen) atoms. The Morgan fingerprint density at radius 1 is 1.21 bits per heavy atom. The minimum atomic E-state index is -0.489. The molecule has 3 rings (SSSR count). The van der Waals surface area contributed by atoms with E-state index in [1.54, 1.807) is 18.2 Å². The second-order valence-corrected chi connectivity index (χ2v) is 6.41. The predicted octanol–water partition coefficient (Wildman–Crippen LogP) is 4.01. The number of carbonyl (C=O) groups is 2. The molecule has 1 aliphatic heterocycles. The van der Waals surface area contributed by atoms with Gasteiger partial charge in [-0.3, -0.25) is 9.69 Å². The number of benzene rings is 2. The van der Waals surface area contributed by atoms with Crippen LogP contribution >= 0.6 is 11.6 Å². The number of rotatable bonds is 7. The fraction of sp³-hybridized carbons (Fsp3) is 0.143. The highest BCUT2D eigenvalue weighted by molar-refractivity contribution is 6.32. The van der Waals surface area contributed by atoms with Crippen molar-refractivity contribution >= 4 is 29.6 Å². The smallest absolute Gasteiger partial charge is 0.329 e. The lowest BCUT2D eigenvalue weighted by molar-refractivity contribution is -0.122. The topological polar surface area (TPSA) is 67.9 Å². The third-order valence-corrected chi connectivity index (χ3v) is 4.34. The summed E-state index contributed by atoms with van der Waals surface area (Å²) in [6.45, 7) is 4.02. The number of hydrogen-bond acceptors (Lipinski definition) is 4. The monoisotopic (exact) mass is 398 g/mol. The molecule has 0 atom stereocenters. The Kier molecular flexibility index (Phi) is 6.01. The van der Waals surface area contributed by atoms with Gasteiger partial charge in [0.25, 0.3) is 5.91 Å². The maximum Gasteiger partial charge on any atom is 0.329 e. The minimum absolute atomic E-state index is 0.137. The minimum Gasteiger partial charge on any atom is -0.493 e. The zero-order valence-corrected chi connectivity index (χ0v) is 16.0. The normalized spacial score (nSPS) is 14.9. The van der Waals surface area contributed by atoms with Crippen LogP contribution in [0.5, 0.6) is 11.5 Å². The Morgan fingerprint density at radius 3 is 2.64 bits per heavy atom. The predicted molar refractivity (Wildman–Crippen MR) is 107 cm³/mol. The van der Waals surface area contributed by atoms with Crippen LogP contribution < -0.4 is 14.8 Å². The molecule has 2 aromatic rings. The van der Waals surface area contributed by atoms with Crippen LogP contribution in [0.3, 0.4) is 0 Å². The Hall–Kier alpha value is -3.25. The van der Waals surface area contributed by atoms with Gasteiger partial charge in [-0.15, -0.1) is 6.58 Å². The molecule has 1 saturated heterocycles. The number of nitrogens with zero attached hydrogens (tertiary/aromatic N) is 1. The summed E-state index contributed by atoms with van der Waals surface area (Å²) in [5.74, 6) is 0.407. The molecule has 0 radical (unpaired) electrons. The molecule has 0 bridgehead atoms. The summed E-state index contributed by atoms with van der Waals surface area (Å²) < 4.78 is 11.2. The first-order valence-corrected chi connectivity index (χ1v) is 8.91. The van der Waals surface area contributed by atoms with Crippen LogP contribution in [0.15, 0.2) is 60.8 Å². The number of carbonyl (C=O) groups excluding carboxylic acids is 2. The fourth-order valence-corrected chi connectivity index (χ4v) is 3.00. The number of hydrogen-bond donors (Lipinski definition) is 1. The summed E-state index contributed by atoms with van der Waals surface area (Å²) >= 11 is 6.38. The van der Waals surface area contributed by atoms with E-state index in [4.69, 9.17) is 21.1 Å². The first kappa shape index (κ1) is 19.5. The quantitative estimate of drug-likeness (QED) is 0.434. The van der Waals surface area contributed by atoms with Crippen molar-refractivity contribution in [2.45, 2.75) is 6.61 Å². The summed E-state index contributed by atoms with van der Waals surface area (Å²) in [6.07, 6.45) is 3.03. The van der Waals surface area contributed by atoms with E-state index in [2.05, 4.69) is 11.9 Å². The lowest BCUT2D eigenvalue weighted by atomic mass is 10.1.